The highest BCUT2D eigenvalue weighted by atomic mass is 127. The van der Waals surface area contributed by atoms with Crippen LogP contribution in [0.3, 0.4) is 0 Å². The molecule has 9 nitrogen and oxygen atoms in total. The van der Waals surface area contributed by atoms with Crippen molar-refractivity contribution in [2.24, 2.45) is 17.8 Å². The third kappa shape index (κ3) is 28.6. The van der Waals surface area contributed by atoms with Crippen molar-refractivity contribution in [1.82, 2.24) is 0 Å². The lowest BCUT2D eigenvalue weighted by atomic mass is 9.54. The minimum absolute atomic E-state index is 0.169. The van der Waals surface area contributed by atoms with E-state index < -0.39 is 110 Å². The van der Waals surface area contributed by atoms with Crippen LogP contribution in [0.15, 0.2) is 215 Å². The van der Waals surface area contributed by atoms with Gasteiger partial charge in [0, 0.05) is 12.5 Å². The summed E-state index contributed by atoms with van der Waals surface area (Å²) in [5.74, 6) is -18.0. The Balaban J connectivity index is 0.000000160. The Morgan fingerprint density at radius 2 is 0.748 bits per heavy atom. The number of hydrogen-bond donors (Lipinski definition) is 0. The number of esters is 1. The molecule has 0 spiro atoms. The molecule has 4 bridgehead atoms. The van der Waals surface area contributed by atoms with Gasteiger partial charge in [-0.05, 0) is 336 Å². The summed E-state index contributed by atoms with van der Waals surface area (Å²) in [4.78, 5) is 15.3. The Morgan fingerprint density at radius 3 is 1.04 bits per heavy atom. The molecule has 135 heavy (non-hydrogen) atoms. The maximum absolute atomic E-state index is 15.0. The van der Waals surface area contributed by atoms with Gasteiger partial charge in [0.1, 0.15) is 64.0 Å². The van der Waals surface area contributed by atoms with Gasteiger partial charge in [-0.1, -0.05) is 116 Å². The van der Waals surface area contributed by atoms with E-state index in [0.717, 1.165) is 140 Å². The molecule has 29 heteroatoms. The van der Waals surface area contributed by atoms with Crippen molar-refractivity contribution >= 4 is 27.0 Å². The molecule has 10 aromatic carbocycles. The molecule has 0 heterocycles. The summed E-state index contributed by atoms with van der Waals surface area (Å²) < 4.78 is 276. The lowest BCUT2D eigenvalue weighted by molar-refractivity contribution is -0.597. The molecule has 7 aliphatic carbocycles. The van der Waals surface area contributed by atoms with Crippen LogP contribution in [-0.4, -0.2) is 64.3 Å². The third-order valence-electron chi connectivity index (χ3n) is 25.0. The van der Waals surface area contributed by atoms with Gasteiger partial charge in [0.2, 0.25) is 17.4 Å². The summed E-state index contributed by atoms with van der Waals surface area (Å²) in [5.41, 5.74) is 2.56. The Hall–Kier alpha value is -8.69. The quantitative estimate of drug-likeness (QED) is 0.0138. The molecule has 0 unspecified atom stereocenters. The molecule has 728 valence electrons. The minimum atomic E-state index is -6.43. The Kier molecular flexibility index (Phi) is 37.8. The lowest BCUT2D eigenvalue weighted by Crippen LogP contribution is -3.61. The van der Waals surface area contributed by atoms with Gasteiger partial charge in [-0.2, -0.15) is 43.5 Å². The zero-order chi connectivity index (χ0) is 97.9. The molecule has 7 fully saturated rings. The van der Waals surface area contributed by atoms with Crippen molar-refractivity contribution in [2.75, 3.05) is 21.3 Å². The van der Waals surface area contributed by atoms with E-state index in [-0.39, 0.29) is 99.5 Å². The number of para-hydroxylation sites is 1. The number of alkyl halides is 8. The topological polar surface area (TPSA) is 107 Å². The number of halogens is 18. The summed E-state index contributed by atoms with van der Waals surface area (Å²) in [7, 11) is -1.59. The van der Waals surface area contributed by atoms with Crippen LogP contribution in [0.2, 0.25) is 0 Å². The first-order valence-electron chi connectivity index (χ1n) is 45.5. The highest BCUT2D eigenvalue weighted by molar-refractivity contribution is 7.97. The van der Waals surface area contributed by atoms with E-state index in [9.17, 15) is 74.7 Å². The fourth-order valence-corrected chi connectivity index (χ4v) is 25.8. The van der Waals surface area contributed by atoms with Crippen LogP contribution >= 0.6 is 0 Å². The molecule has 0 aliphatic heterocycles. The summed E-state index contributed by atoms with van der Waals surface area (Å²) >= 11 is -0.660. The Labute approximate surface area is 805 Å². The normalized spacial score (nSPS) is 18.1. The second-order valence-electron chi connectivity index (χ2n) is 36.0. The minimum Gasteiger partial charge on any atom is -0.497 e. The van der Waals surface area contributed by atoms with Gasteiger partial charge >= 0.3 is 75.6 Å². The Bertz CT molecular complexity index is 5200. The molecule has 0 N–H and O–H groups in total. The van der Waals surface area contributed by atoms with Crippen LogP contribution in [0.1, 0.15) is 246 Å². The number of hydrogen-bond acceptors (Lipinski definition) is 9. The molecule has 0 amide bonds. The van der Waals surface area contributed by atoms with Gasteiger partial charge in [-0.25, -0.2) is 35.1 Å². The zero-order valence-corrected chi connectivity index (χ0v) is 83.0. The van der Waals surface area contributed by atoms with Crippen molar-refractivity contribution in [1.29, 1.82) is 0 Å². The number of carbonyl (C=O) groups is 1. The summed E-state index contributed by atoms with van der Waals surface area (Å²) in [6.45, 7) is 7.74. The van der Waals surface area contributed by atoms with Crippen LogP contribution in [0, 0.1) is 85.5 Å². The van der Waals surface area contributed by atoms with Gasteiger partial charge < -0.3 is 27.9 Å². The van der Waals surface area contributed by atoms with Crippen LogP contribution in [0.4, 0.5) is 70.2 Å². The SMILES string of the molecule is CC(C)c1cccc(C(C)C)c1OS(=O)(=O)C(F)(F)C(F)(F)C(C)(F)F.CC(F)(F)CC(=O)OC12CC3CC(CC(C3)C1)C2.COc1ccc([S+](c2ccc(OC)cc2)c2ccc(OC)cc2)cc1.Cc1c(F)c(F)c(Oc2c(C3CCCCC3)cc(C3CCCCC3)cc2C2CCCCC2)c(F)c1F.Fc1ccc([I+]c2ccc(F)cc2)cc1.Fc1ccc([I+]c2ccc(F)cc2)cc1. The summed E-state index contributed by atoms with van der Waals surface area (Å²) in [5, 5.41) is -6.14. The number of rotatable bonds is 25. The highest BCUT2D eigenvalue weighted by Gasteiger charge is 2.77. The molecule has 10 aromatic rings. The molecule has 0 radical (unpaired) electrons. The van der Waals surface area contributed by atoms with Gasteiger partial charge in [-0.15, -0.1) is 0 Å². The first kappa shape index (κ1) is 107. The predicted molar refractivity (Wildman–Crippen MR) is 483 cm³/mol. The second-order valence-corrected chi connectivity index (χ2v) is 45.7. The largest absolute Gasteiger partial charge is 0.497 e. The van der Waals surface area contributed by atoms with E-state index in [1.807, 2.05) is 36.4 Å². The van der Waals surface area contributed by atoms with Crippen LogP contribution in [-0.2, 0) is 30.5 Å². The van der Waals surface area contributed by atoms with Crippen molar-refractivity contribution < 1.29 is 154 Å². The van der Waals surface area contributed by atoms with E-state index in [1.54, 1.807) is 97.6 Å². The Morgan fingerprint density at radius 1 is 0.430 bits per heavy atom. The number of carbonyl (C=O) groups excluding carboxylic acids is 1. The number of benzene rings is 10. The lowest BCUT2D eigenvalue weighted by Gasteiger charge is -2.55. The number of ether oxygens (including phenoxy) is 5. The van der Waals surface area contributed by atoms with Crippen LogP contribution in [0.5, 0.6) is 34.5 Å². The molecule has 0 atom stereocenters. The molecule has 7 aliphatic rings. The van der Waals surface area contributed by atoms with Crippen molar-refractivity contribution in [3.8, 4) is 34.5 Å². The first-order valence-corrected chi connectivity index (χ1v) is 52.4. The van der Waals surface area contributed by atoms with Gasteiger partial charge in [0.15, 0.2) is 40.6 Å². The average Bonchev–Trinajstić information content (AvgIpc) is 0.749. The first-order chi connectivity index (χ1) is 64.0. The van der Waals surface area contributed by atoms with Crippen molar-refractivity contribution in [3.05, 3.63) is 294 Å². The van der Waals surface area contributed by atoms with E-state index >= 15 is 8.78 Å². The molecule has 7 saturated carbocycles. The fourth-order valence-electron chi connectivity index (χ4n) is 18.4. The fraction of sp³-hybridized carbons (Fsp3) is 0.425. The average molecular weight is 2150 g/mol. The maximum atomic E-state index is 15.0. The van der Waals surface area contributed by atoms with Gasteiger partial charge in [0.05, 0.1) is 32.2 Å². The van der Waals surface area contributed by atoms with E-state index in [1.165, 1.54) is 138 Å². The van der Waals surface area contributed by atoms with E-state index in [0.29, 0.717) is 29.4 Å². The van der Waals surface area contributed by atoms with Gasteiger partial charge in [0.25, 0.3) is 5.92 Å². The molecule has 17 rings (SSSR count). The monoisotopic (exact) mass is 2150 g/mol. The maximum Gasteiger partial charge on any atom is 0.449 e. The molecule has 0 saturated heterocycles. The molecular weight excluding hydrogens is 2040 g/mol. The van der Waals surface area contributed by atoms with Gasteiger partial charge in [-0.3, -0.25) is 4.79 Å². The highest BCUT2D eigenvalue weighted by Crippen LogP contribution is 2.58. The van der Waals surface area contributed by atoms with E-state index in [4.69, 9.17) is 23.7 Å². The van der Waals surface area contributed by atoms with Crippen LogP contribution < -0.4 is 65.5 Å². The molecule has 0 aromatic heterocycles. The summed E-state index contributed by atoms with van der Waals surface area (Å²) in [6, 6.07) is 59.4. The standard InChI is InChI=1S/C31H38F4O.C21H21O3S.C16H20F6O3S.C14H20F2O2.2C12H8F2I/c1-19-26(32)28(34)31(29(35)27(19)33)36-30-24(21-13-7-3-8-14-21)17-23(20-11-5-2-6-12-20)18-25(30)22-15-9-4-10-16-22;1-22-16-4-10-19(11-5-16)25(20-12-6-17(23-2)7-13-20)21-14-8-18(24-3)9-15-21;1-9(2)11-7-6-8-12(10(3)4)13(11)25-26(23,24)16(21,22)15(19,20)14(5,17)18;1-13(15,16)8-12(17)18-14-5-9-2-10(6-14)4-11(3-9)7-14;2*13-9-1-5-11(6-2-9)15-12-7-3-10(14)4-8-12/h17-18,20-22H,2-16H2,1H3;4-15H,1-3H3;6-10H,1-5H3;9-11H,2-8H2,1H3;2*1-8H/q;+1;;;2*+1. The summed E-state index contributed by atoms with van der Waals surface area (Å²) in [6.07, 6.45) is 22.5. The zero-order valence-electron chi connectivity index (χ0n) is 77.0. The van der Waals surface area contributed by atoms with Crippen LogP contribution in [0.25, 0.3) is 0 Å². The second kappa shape index (κ2) is 47.8. The molecular formula is C106H115F16I2O9S2+3. The third-order valence-corrected chi connectivity index (χ3v) is 33.9. The smallest absolute Gasteiger partial charge is 0.449 e. The number of methoxy groups -OCH3 is 3. The van der Waals surface area contributed by atoms with E-state index in [2.05, 4.69) is 52.7 Å². The van der Waals surface area contributed by atoms with Crippen molar-refractivity contribution in [3.63, 3.8) is 0 Å². The predicted octanol–water partition coefficient (Wildman–Crippen LogP) is 24.6. The van der Waals surface area contributed by atoms with Crippen molar-refractivity contribution in [2.45, 2.75) is 263 Å².